The maximum Gasteiger partial charge on any atom is 0.203 e. The Kier molecular flexibility index (Phi) is 3.10. The molecule has 1 aliphatic rings. The molecule has 0 unspecified atom stereocenters. The molecule has 0 atom stereocenters. The van der Waals surface area contributed by atoms with Crippen molar-refractivity contribution in [2.75, 3.05) is 36.0 Å². The lowest BCUT2D eigenvalue weighted by molar-refractivity contribution is 0.624. The molecule has 0 N–H and O–H groups in total. The number of nitrogens with zero attached hydrogens (tertiary/aromatic N) is 6. The third-order valence-corrected chi connectivity index (χ3v) is 3.97. The molecule has 3 heterocycles. The van der Waals surface area contributed by atoms with Crippen molar-refractivity contribution in [1.82, 2.24) is 19.6 Å². The van der Waals surface area contributed by atoms with E-state index in [1.165, 1.54) is 12.1 Å². The monoisotopic (exact) mass is 298 g/mol. The van der Waals surface area contributed by atoms with Crippen LogP contribution in [0.3, 0.4) is 0 Å². The minimum atomic E-state index is -0.204. The molecule has 0 saturated carbocycles. The summed E-state index contributed by atoms with van der Waals surface area (Å²) in [5.41, 5.74) is 1.83. The molecule has 1 saturated heterocycles. The zero-order valence-corrected chi connectivity index (χ0v) is 11.9. The fourth-order valence-electron chi connectivity index (χ4n) is 2.80. The SMILES string of the molecule is Fc1ccc(N2CCN(c3nccn4cnnc34)CC2)cc1. The van der Waals surface area contributed by atoms with Gasteiger partial charge in [0.25, 0.3) is 0 Å². The number of anilines is 2. The van der Waals surface area contributed by atoms with Crippen molar-refractivity contribution in [3.05, 3.63) is 48.8 Å². The summed E-state index contributed by atoms with van der Waals surface area (Å²) in [5.74, 6) is 0.656. The van der Waals surface area contributed by atoms with Gasteiger partial charge in [0.05, 0.1) is 0 Å². The minimum absolute atomic E-state index is 0.204. The number of halogens is 1. The highest BCUT2D eigenvalue weighted by Crippen LogP contribution is 2.21. The molecule has 0 radical (unpaired) electrons. The summed E-state index contributed by atoms with van der Waals surface area (Å²) in [6.45, 7) is 3.42. The van der Waals surface area contributed by atoms with Crippen molar-refractivity contribution in [3.63, 3.8) is 0 Å². The van der Waals surface area contributed by atoms with Gasteiger partial charge >= 0.3 is 0 Å². The fraction of sp³-hybridized carbons (Fsp3) is 0.267. The summed E-state index contributed by atoms with van der Waals surface area (Å²) in [6.07, 6.45) is 5.28. The van der Waals surface area contributed by atoms with E-state index >= 15 is 0 Å². The van der Waals surface area contributed by atoms with E-state index < -0.39 is 0 Å². The first-order chi connectivity index (χ1) is 10.8. The van der Waals surface area contributed by atoms with E-state index in [1.807, 2.05) is 22.7 Å². The number of hydrogen-bond donors (Lipinski definition) is 0. The molecule has 3 aromatic rings. The normalized spacial score (nSPS) is 15.5. The number of fused-ring (bicyclic) bond motifs is 1. The van der Waals surface area contributed by atoms with Crippen molar-refractivity contribution >= 4 is 17.2 Å². The highest BCUT2D eigenvalue weighted by Gasteiger charge is 2.20. The van der Waals surface area contributed by atoms with Gasteiger partial charge in [-0.05, 0) is 24.3 Å². The van der Waals surface area contributed by atoms with Crippen molar-refractivity contribution in [3.8, 4) is 0 Å². The van der Waals surface area contributed by atoms with Gasteiger partial charge in [0, 0.05) is 44.3 Å². The van der Waals surface area contributed by atoms with Gasteiger partial charge in [0.2, 0.25) is 5.65 Å². The molecule has 4 rings (SSSR count). The lowest BCUT2D eigenvalue weighted by Gasteiger charge is -2.36. The van der Waals surface area contributed by atoms with Gasteiger partial charge < -0.3 is 9.80 Å². The lowest BCUT2D eigenvalue weighted by atomic mass is 10.2. The molecule has 2 aromatic heterocycles. The van der Waals surface area contributed by atoms with Crippen molar-refractivity contribution in [2.45, 2.75) is 0 Å². The smallest absolute Gasteiger partial charge is 0.203 e. The molecule has 7 heteroatoms. The molecule has 1 aliphatic heterocycles. The van der Waals surface area contributed by atoms with Crippen LogP contribution in [0.5, 0.6) is 0 Å². The first-order valence-corrected chi connectivity index (χ1v) is 7.21. The average molecular weight is 298 g/mol. The highest BCUT2D eigenvalue weighted by molar-refractivity contribution is 5.64. The quantitative estimate of drug-likeness (QED) is 0.719. The predicted octanol–water partition coefficient (Wildman–Crippen LogP) is 1.59. The molecule has 1 aromatic carbocycles. The molecule has 0 aliphatic carbocycles. The zero-order chi connectivity index (χ0) is 14.9. The summed E-state index contributed by atoms with van der Waals surface area (Å²) in [4.78, 5) is 8.91. The van der Waals surface area contributed by atoms with Crippen molar-refractivity contribution < 1.29 is 4.39 Å². The van der Waals surface area contributed by atoms with Crippen LogP contribution in [0.4, 0.5) is 15.9 Å². The third-order valence-electron chi connectivity index (χ3n) is 3.97. The first-order valence-electron chi connectivity index (χ1n) is 7.21. The molecule has 0 spiro atoms. The van der Waals surface area contributed by atoms with Gasteiger partial charge in [-0.15, -0.1) is 10.2 Å². The second-order valence-corrected chi connectivity index (χ2v) is 5.26. The Labute approximate surface area is 126 Å². The van der Waals surface area contributed by atoms with E-state index in [0.717, 1.165) is 43.3 Å². The maximum atomic E-state index is 13.0. The van der Waals surface area contributed by atoms with Gasteiger partial charge in [0.15, 0.2) is 5.82 Å². The Morgan fingerprint density at radius 2 is 1.68 bits per heavy atom. The van der Waals surface area contributed by atoms with Crippen LogP contribution in [0.2, 0.25) is 0 Å². The summed E-state index contributed by atoms with van der Waals surface area (Å²) in [7, 11) is 0. The number of piperazine rings is 1. The number of hydrogen-bond acceptors (Lipinski definition) is 5. The van der Waals surface area contributed by atoms with Crippen LogP contribution < -0.4 is 9.80 Å². The third kappa shape index (κ3) is 2.24. The van der Waals surface area contributed by atoms with Gasteiger partial charge in [0.1, 0.15) is 12.1 Å². The number of benzene rings is 1. The topological polar surface area (TPSA) is 49.6 Å². The molecule has 0 amide bonds. The van der Waals surface area contributed by atoms with Crippen molar-refractivity contribution in [1.29, 1.82) is 0 Å². The van der Waals surface area contributed by atoms with Crippen LogP contribution in [0.15, 0.2) is 43.0 Å². The number of rotatable bonds is 2. The Bertz CT molecular complexity index is 776. The molecular weight excluding hydrogens is 283 g/mol. The van der Waals surface area contributed by atoms with Crippen LogP contribution in [-0.2, 0) is 0 Å². The largest absolute Gasteiger partial charge is 0.368 e. The molecule has 6 nitrogen and oxygen atoms in total. The van der Waals surface area contributed by atoms with Gasteiger partial charge in [-0.25, -0.2) is 9.37 Å². The van der Waals surface area contributed by atoms with Crippen LogP contribution in [0, 0.1) is 5.82 Å². The van der Waals surface area contributed by atoms with E-state index in [1.54, 1.807) is 12.5 Å². The fourth-order valence-corrected chi connectivity index (χ4v) is 2.80. The molecule has 22 heavy (non-hydrogen) atoms. The molecular formula is C15H15FN6. The van der Waals surface area contributed by atoms with Gasteiger partial charge in [-0.3, -0.25) is 4.40 Å². The Morgan fingerprint density at radius 3 is 2.45 bits per heavy atom. The standard InChI is InChI=1S/C15H15FN6/c16-12-1-3-13(4-2-12)20-7-9-21(10-8-20)14-15-19-18-11-22(15)6-5-17-14/h1-6,11H,7-10H2. The summed E-state index contributed by atoms with van der Waals surface area (Å²) in [5, 5.41) is 8.06. The van der Waals surface area contributed by atoms with Crippen LogP contribution in [0.1, 0.15) is 0 Å². The van der Waals surface area contributed by atoms with E-state index in [2.05, 4.69) is 25.0 Å². The number of aromatic nitrogens is 4. The zero-order valence-electron chi connectivity index (χ0n) is 11.9. The van der Waals surface area contributed by atoms with E-state index in [0.29, 0.717) is 0 Å². The summed E-state index contributed by atoms with van der Waals surface area (Å²) >= 11 is 0. The van der Waals surface area contributed by atoms with Gasteiger partial charge in [-0.2, -0.15) is 0 Å². The predicted molar refractivity (Wildman–Crippen MR) is 81.6 cm³/mol. The molecule has 112 valence electrons. The second kappa shape index (κ2) is 5.25. The second-order valence-electron chi connectivity index (χ2n) is 5.26. The Balaban J connectivity index is 1.52. The molecule has 1 fully saturated rings. The lowest BCUT2D eigenvalue weighted by Crippen LogP contribution is -2.47. The Morgan fingerprint density at radius 1 is 0.955 bits per heavy atom. The van der Waals surface area contributed by atoms with Crippen molar-refractivity contribution in [2.24, 2.45) is 0 Å². The summed E-state index contributed by atoms with van der Waals surface area (Å²) < 4.78 is 14.9. The van der Waals surface area contributed by atoms with E-state index in [4.69, 9.17) is 0 Å². The first kappa shape index (κ1) is 13.0. The van der Waals surface area contributed by atoms with Crippen LogP contribution in [0.25, 0.3) is 5.65 Å². The van der Waals surface area contributed by atoms with Crippen LogP contribution >= 0.6 is 0 Å². The van der Waals surface area contributed by atoms with Crippen LogP contribution in [-0.4, -0.2) is 45.8 Å². The highest BCUT2D eigenvalue weighted by atomic mass is 19.1. The maximum absolute atomic E-state index is 13.0. The van der Waals surface area contributed by atoms with E-state index in [-0.39, 0.29) is 5.82 Å². The summed E-state index contributed by atoms with van der Waals surface area (Å²) in [6, 6.07) is 6.64. The minimum Gasteiger partial charge on any atom is -0.368 e. The van der Waals surface area contributed by atoms with Gasteiger partial charge in [-0.1, -0.05) is 0 Å². The molecule has 0 bridgehead atoms. The average Bonchev–Trinajstić information content (AvgIpc) is 3.04. The Hall–Kier alpha value is -2.70. The van der Waals surface area contributed by atoms with E-state index in [9.17, 15) is 4.39 Å².